The molecule has 0 aliphatic rings. The molecule has 0 fully saturated rings. The second kappa shape index (κ2) is 7.92. The largest absolute Gasteiger partial charge is 0.462 e. The van der Waals surface area contributed by atoms with E-state index in [9.17, 15) is 9.59 Å². The topological polar surface area (TPSA) is 99.2 Å². The molecule has 138 valence electrons. The van der Waals surface area contributed by atoms with Crippen molar-refractivity contribution >= 4 is 29.1 Å². The number of nitrogens with zero attached hydrogens (tertiary/aromatic N) is 2. The highest BCUT2D eigenvalue weighted by Crippen LogP contribution is 2.25. The number of para-hydroxylation sites is 1. The summed E-state index contributed by atoms with van der Waals surface area (Å²) in [6, 6.07) is 15.7. The van der Waals surface area contributed by atoms with E-state index in [4.69, 9.17) is 22.1 Å². The fourth-order valence-corrected chi connectivity index (χ4v) is 2.52. The molecule has 0 spiro atoms. The highest BCUT2D eigenvalue weighted by atomic mass is 35.5. The number of benzene rings is 2. The molecule has 27 heavy (non-hydrogen) atoms. The lowest BCUT2D eigenvalue weighted by Crippen LogP contribution is -2.30. The van der Waals surface area contributed by atoms with Crippen LogP contribution in [-0.4, -0.2) is 27.7 Å². The summed E-state index contributed by atoms with van der Waals surface area (Å²) in [6.45, 7) is 1.57. The lowest BCUT2D eigenvalue weighted by Gasteiger charge is -2.13. The number of halogens is 1. The van der Waals surface area contributed by atoms with Crippen LogP contribution in [0, 0.1) is 0 Å². The van der Waals surface area contributed by atoms with Crippen LogP contribution in [0.2, 0.25) is 5.02 Å². The minimum Gasteiger partial charge on any atom is -0.462 e. The quantitative estimate of drug-likeness (QED) is 0.682. The van der Waals surface area contributed by atoms with E-state index >= 15 is 0 Å². The molecule has 1 unspecified atom stereocenters. The first-order valence-corrected chi connectivity index (χ1v) is 8.50. The molecule has 3 rings (SSSR count). The number of nitrogens with one attached hydrogen (secondary N) is 1. The van der Waals surface area contributed by atoms with E-state index in [1.807, 2.05) is 30.3 Å². The Morgan fingerprint density at radius 1 is 1.19 bits per heavy atom. The Kier molecular flexibility index (Phi) is 5.42. The molecule has 0 aliphatic carbocycles. The molecule has 0 saturated carbocycles. The third-order valence-electron chi connectivity index (χ3n) is 3.73. The number of nitrogens with two attached hydrogens (primary N) is 1. The van der Waals surface area contributed by atoms with Crippen LogP contribution < -0.4 is 15.8 Å². The van der Waals surface area contributed by atoms with Gasteiger partial charge >= 0.3 is 0 Å². The third-order valence-corrected chi connectivity index (χ3v) is 3.99. The summed E-state index contributed by atoms with van der Waals surface area (Å²) in [7, 11) is 0. The summed E-state index contributed by atoms with van der Waals surface area (Å²) in [4.78, 5) is 23.6. The molecule has 3 N–H and O–H groups in total. The Morgan fingerprint density at radius 3 is 2.63 bits per heavy atom. The number of hydrogen-bond donors (Lipinski definition) is 2. The summed E-state index contributed by atoms with van der Waals surface area (Å²) >= 11 is 6.17. The third kappa shape index (κ3) is 4.45. The van der Waals surface area contributed by atoms with E-state index in [2.05, 4.69) is 10.4 Å². The second-order valence-electron chi connectivity index (χ2n) is 5.76. The number of hydrogen-bond acceptors (Lipinski definition) is 4. The minimum atomic E-state index is -0.862. The van der Waals surface area contributed by atoms with Crippen molar-refractivity contribution in [2.24, 2.45) is 5.73 Å². The Hall–Kier alpha value is -3.32. The number of ether oxygens (including phenoxy) is 1. The van der Waals surface area contributed by atoms with Crippen LogP contribution in [0.15, 0.2) is 60.8 Å². The van der Waals surface area contributed by atoms with Crippen LogP contribution in [-0.2, 0) is 4.79 Å². The maximum absolute atomic E-state index is 12.4. The zero-order valence-corrected chi connectivity index (χ0v) is 15.2. The van der Waals surface area contributed by atoms with Crippen LogP contribution in [0.5, 0.6) is 5.88 Å². The Balaban J connectivity index is 1.69. The normalized spacial score (nSPS) is 11.6. The monoisotopic (exact) mass is 384 g/mol. The molecule has 0 saturated heterocycles. The number of carbonyl (C=O) groups excluding carboxylic acids is 2. The smallest absolute Gasteiger partial charge is 0.265 e. The second-order valence-corrected chi connectivity index (χ2v) is 6.16. The van der Waals surface area contributed by atoms with Crippen molar-refractivity contribution in [3.05, 3.63) is 71.4 Å². The standard InChI is InChI=1S/C19H17ClN4O3/c1-12(18(26)22-14-7-5-6-13(10-14)17(21)25)27-19-16(20)11-24(23-19)15-8-3-2-4-9-15/h2-12H,1H3,(H2,21,25)(H,22,26). The van der Waals surface area contributed by atoms with Crippen LogP contribution in [0.1, 0.15) is 17.3 Å². The van der Waals surface area contributed by atoms with Gasteiger partial charge in [-0.3, -0.25) is 9.59 Å². The summed E-state index contributed by atoms with van der Waals surface area (Å²) in [6.07, 6.45) is 0.742. The Bertz CT molecular complexity index is 972. The molecule has 2 aromatic carbocycles. The zero-order chi connectivity index (χ0) is 19.4. The van der Waals surface area contributed by atoms with Crippen LogP contribution in [0.25, 0.3) is 5.69 Å². The molecule has 1 aromatic heterocycles. The van der Waals surface area contributed by atoms with Gasteiger partial charge in [-0.05, 0) is 37.3 Å². The zero-order valence-electron chi connectivity index (χ0n) is 14.4. The molecule has 0 radical (unpaired) electrons. The molecule has 7 nitrogen and oxygen atoms in total. The predicted molar refractivity (Wildman–Crippen MR) is 102 cm³/mol. The predicted octanol–water partition coefficient (Wildman–Crippen LogP) is 3.03. The van der Waals surface area contributed by atoms with Gasteiger partial charge in [0.15, 0.2) is 6.10 Å². The van der Waals surface area contributed by atoms with Gasteiger partial charge in [-0.15, -0.1) is 5.10 Å². The van der Waals surface area contributed by atoms with Crippen molar-refractivity contribution in [1.82, 2.24) is 9.78 Å². The van der Waals surface area contributed by atoms with E-state index in [1.54, 1.807) is 36.0 Å². The van der Waals surface area contributed by atoms with Gasteiger partial charge in [0, 0.05) is 11.3 Å². The van der Waals surface area contributed by atoms with E-state index < -0.39 is 17.9 Å². The highest BCUT2D eigenvalue weighted by molar-refractivity contribution is 6.31. The fourth-order valence-electron chi connectivity index (χ4n) is 2.34. The average molecular weight is 385 g/mol. The van der Waals surface area contributed by atoms with Gasteiger partial charge in [0.1, 0.15) is 5.02 Å². The van der Waals surface area contributed by atoms with Gasteiger partial charge in [-0.25, -0.2) is 4.68 Å². The molecular weight excluding hydrogens is 368 g/mol. The Labute approximate surface area is 160 Å². The van der Waals surface area contributed by atoms with Crippen molar-refractivity contribution in [3.8, 4) is 11.6 Å². The van der Waals surface area contributed by atoms with Gasteiger partial charge in [-0.1, -0.05) is 35.9 Å². The van der Waals surface area contributed by atoms with Gasteiger partial charge in [-0.2, -0.15) is 0 Å². The summed E-state index contributed by atoms with van der Waals surface area (Å²) in [5.41, 5.74) is 6.79. The highest BCUT2D eigenvalue weighted by Gasteiger charge is 2.19. The maximum atomic E-state index is 12.4. The van der Waals surface area contributed by atoms with Crippen molar-refractivity contribution in [1.29, 1.82) is 0 Å². The number of anilines is 1. The van der Waals surface area contributed by atoms with E-state index in [0.717, 1.165) is 5.69 Å². The first kappa shape index (κ1) is 18.5. The molecule has 0 aliphatic heterocycles. The molecule has 1 heterocycles. The molecule has 8 heteroatoms. The lowest BCUT2D eigenvalue weighted by atomic mass is 10.2. The molecule has 0 bridgehead atoms. The SMILES string of the molecule is CC(Oc1nn(-c2ccccc2)cc1Cl)C(=O)Nc1cccc(C(N)=O)c1. The van der Waals surface area contributed by atoms with E-state index in [0.29, 0.717) is 11.3 Å². The van der Waals surface area contributed by atoms with Gasteiger partial charge in [0.2, 0.25) is 5.91 Å². The number of carbonyl (C=O) groups is 2. The fraction of sp³-hybridized carbons (Fsp3) is 0.105. The van der Waals surface area contributed by atoms with Crippen molar-refractivity contribution in [2.75, 3.05) is 5.32 Å². The Morgan fingerprint density at radius 2 is 1.93 bits per heavy atom. The van der Waals surface area contributed by atoms with E-state index in [1.165, 1.54) is 6.07 Å². The average Bonchev–Trinajstić information content (AvgIpc) is 3.03. The van der Waals surface area contributed by atoms with Crippen LogP contribution in [0.3, 0.4) is 0 Å². The van der Waals surface area contributed by atoms with Gasteiger partial charge < -0.3 is 15.8 Å². The number of rotatable bonds is 6. The van der Waals surface area contributed by atoms with Gasteiger partial charge in [0.05, 0.1) is 11.9 Å². The molecular formula is C19H17ClN4O3. The number of amides is 2. The number of primary amides is 1. The molecule has 2 amide bonds. The lowest BCUT2D eigenvalue weighted by molar-refractivity contribution is -0.122. The molecule has 1 atom stereocenters. The van der Waals surface area contributed by atoms with E-state index in [-0.39, 0.29) is 10.9 Å². The van der Waals surface area contributed by atoms with Gasteiger partial charge in [0.25, 0.3) is 11.8 Å². The van der Waals surface area contributed by atoms with Crippen LogP contribution in [0.4, 0.5) is 5.69 Å². The summed E-state index contributed by atoms with van der Waals surface area (Å²) in [5, 5.41) is 7.22. The molecule has 3 aromatic rings. The first-order chi connectivity index (χ1) is 12.9. The summed E-state index contributed by atoms with van der Waals surface area (Å²) < 4.78 is 7.16. The van der Waals surface area contributed by atoms with Crippen molar-refractivity contribution < 1.29 is 14.3 Å². The van der Waals surface area contributed by atoms with Crippen molar-refractivity contribution in [2.45, 2.75) is 13.0 Å². The minimum absolute atomic E-state index is 0.147. The first-order valence-electron chi connectivity index (χ1n) is 8.12. The number of aromatic nitrogens is 2. The van der Waals surface area contributed by atoms with Crippen LogP contribution >= 0.6 is 11.6 Å². The summed E-state index contributed by atoms with van der Waals surface area (Å²) in [5.74, 6) is -0.843. The van der Waals surface area contributed by atoms with Crippen molar-refractivity contribution in [3.63, 3.8) is 0 Å². The maximum Gasteiger partial charge on any atom is 0.265 e.